The highest BCUT2D eigenvalue weighted by Crippen LogP contribution is 2.33. The third kappa shape index (κ3) is 2.54. The molecular formula is C15H17FN2O2. The number of nitrogens with zero attached hydrogens (tertiary/aromatic N) is 1. The lowest BCUT2D eigenvalue weighted by atomic mass is 9.98. The average Bonchev–Trinajstić information content (AvgIpc) is 2.98. The van der Waals surface area contributed by atoms with E-state index in [1.54, 1.807) is 19.4 Å². The summed E-state index contributed by atoms with van der Waals surface area (Å²) in [6.45, 7) is 1.96. The highest BCUT2D eigenvalue weighted by atomic mass is 19.1. The van der Waals surface area contributed by atoms with Crippen LogP contribution in [0.15, 0.2) is 28.8 Å². The quantitative estimate of drug-likeness (QED) is 0.936. The number of methoxy groups -OCH3 is 1. The van der Waals surface area contributed by atoms with Gasteiger partial charge < -0.3 is 14.5 Å². The predicted octanol–water partition coefficient (Wildman–Crippen LogP) is 2.96. The summed E-state index contributed by atoms with van der Waals surface area (Å²) in [6.07, 6.45) is 3.68. The Morgan fingerprint density at radius 2 is 2.15 bits per heavy atom. The Kier molecular flexibility index (Phi) is 3.69. The van der Waals surface area contributed by atoms with E-state index in [1.807, 2.05) is 0 Å². The average molecular weight is 276 g/mol. The maximum Gasteiger partial charge on any atom is 0.198 e. The van der Waals surface area contributed by atoms with Crippen molar-refractivity contribution in [3.8, 4) is 17.1 Å². The summed E-state index contributed by atoms with van der Waals surface area (Å²) < 4.78 is 24.5. The van der Waals surface area contributed by atoms with E-state index >= 15 is 0 Å². The molecule has 0 unspecified atom stereocenters. The lowest BCUT2D eigenvalue weighted by molar-refractivity contribution is 0.376. The standard InChI is InChI=1S/C15H17FN2O2/c1-19-13-3-2-11(16)8-12(13)14-9-18-15(20-14)10-4-6-17-7-5-10/h2-3,8-10,17H,4-7H2,1H3. The van der Waals surface area contributed by atoms with Crippen LogP contribution >= 0.6 is 0 Å². The van der Waals surface area contributed by atoms with E-state index in [0.29, 0.717) is 23.0 Å². The zero-order chi connectivity index (χ0) is 13.9. The van der Waals surface area contributed by atoms with Gasteiger partial charge in [0.05, 0.1) is 18.9 Å². The van der Waals surface area contributed by atoms with Gasteiger partial charge in [-0.3, -0.25) is 0 Å². The molecule has 0 radical (unpaired) electrons. The molecule has 2 aromatic rings. The maximum absolute atomic E-state index is 13.4. The van der Waals surface area contributed by atoms with Gasteiger partial charge in [-0.05, 0) is 44.1 Å². The highest BCUT2D eigenvalue weighted by molar-refractivity contribution is 5.65. The Labute approximate surface area is 117 Å². The fraction of sp³-hybridized carbons (Fsp3) is 0.400. The normalized spacial score (nSPS) is 16.3. The Morgan fingerprint density at radius 1 is 1.35 bits per heavy atom. The Balaban J connectivity index is 1.91. The second kappa shape index (κ2) is 5.63. The van der Waals surface area contributed by atoms with Crippen molar-refractivity contribution in [2.45, 2.75) is 18.8 Å². The van der Waals surface area contributed by atoms with Gasteiger partial charge >= 0.3 is 0 Å². The van der Waals surface area contributed by atoms with Gasteiger partial charge in [-0.1, -0.05) is 0 Å². The third-order valence-corrected chi connectivity index (χ3v) is 3.64. The number of hydrogen-bond donors (Lipinski definition) is 1. The molecular weight excluding hydrogens is 259 g/mol. The lowest BCUT2D eigenvalue weighted by Gasteiger charge is -2.19. The fourth-order valence-electron chi connectivity index (χ4n) is 2.54. The number of oxazole rings is 1. The molecule has 2 heterocycles. The van der Waals surface area contributed by atoms with Gasteiger partial charge in [-0.25, -0.2) is 9.37 Å². The minimum atomic E-state index is -0.319. The zero-order valence-corrected chi connectivity index (χ0v) is 11.4. The fourth-order valence-corrected chi connectivity index (χ4v) is 2.54. The van der Waals surface area contributed by atoms with Crippen LogP contribution in [0.4, 0.5) is 4.39 Å². The van der Waals surface area contributed by atoms with E-state index in [9.17, 15) is 4.39 Å². The predicted molar refractivity (Wildman–Crippen MR) is 73.3 cm³/mol. The molecule has 3 rings (SSSR count). The van der Waals surface area contributed by atoms with Crippen LogP contribution in [-0.2, 0) is 0 Å². The molecule has 20 heavy (non-hydrogen) atoms. The van der Waals surface area contributed by atoms with Crippen molar-refractivity contribution in [1.82, 2.24) is 10.3 Å². The molecule has 1 N–H and O–H groups in total. The van der Waals surface area contributed by atoms with Crippen LogP contribution < -0.4 is 10.1 Å². The van der Waals surface area contributed by atoms with Crippen LogP contribution in [0.2, 0.25) is 0 Å². The first-order valence-electron chi connectivity index (χ1n) is 6.78. The van der Waals surface area contributed by atoms with E-state index in [1.165, 1.54) is 12.1 Å². The maximum atomic E-state index is 13.4. The Hall–Kier alpha value is -1.88. The first kappa shape index (κ1) is 13.1. The summed E-state index contributed by atoms with van der Waals surface area (Å²) in [4.78, 5) is 4.35. The molecule has 1 aliphatic heterocycles. The minimum absolute atomic E-state index is 0.319. The molecule has 0 spiro atoms. The number of hydrogen-bond acceptors (Lipinski definition) is 4. The largest absolute Gasteiger partial charge is 0.496 e. The van der Waals surface area contributed by atoms with Crippen molar-refractivity contribution in [3.63, 3.8) is 0 Å². The molecule has 1 saturated heterocycles. The number of ether oxygens (including phenoxy) is 1. The van der Waals surface area contributed by atoms with Crippen LogP contribution in [0.3, 0.4) is 0 Å². The molecule has 0 amide bonds. The molecule has 1 aromatic carbocycles. The molecule has 1 fully saturated rings. The van der Waals surface area contributed by atoms with E-state index in [0.717, 1.165) is 31.8 Å². The lowest BCUT2D eigenvalue weighted by Crippen LogP contribution is -2.26. The molecule has 106 valence electrons. The zero-order valence-electron chi connectivity index (χ0n) is 11.4. The van der Waals surface area contributed by atoms with E-state index < -0.39 is 0 Å². The summed E-state index contributed by atoms with van der Waals surface area (Å²) in [5.41, 5.74) is 0.597. The molecule has 0 saturated carbocycles. The highest BCUT2D eigenvalue weighted by Gasteiger charge is 2.21. The van der Waals surface area contributed by atoms with E-state index in [-0.39, 0.29) is 5.82 Å². The van der Waals surface area contributed by atoms with Crippen molar-refractivity contribution in [2.24, 2.45) is 0 Å². The van der Waals surface area contributed by atoms with Crippen LogP contribution in [0.1, 0.15) is 24.7 Å². The number of benzene rings is 1. The SMILES string of the molecule is COc1ccc(F)cc1-c1cnc(C2CCNCC2)o1. The number of rotatable bonds is 3. The van der Waals surface area contributed by atoms with E-state index in [2.05, 4.69) is 10.3 Å². The number of nitrogens with one attached hydrogen (secondary N) is 1. The van der Waals surface area contributed by atoms with Gasteiger partial charge in [0.1, 0.15) is 11.6 Å². The van der Waals surface area contributed by atoms with Crippen molar-refractivity contribution >= 4 is 0 Å². The van der Waals surface area contributed by atoms with Gasteiger partial charge in [0, 0.05) is 5.92 Å². The molecule has 0 atom stereocenters. The van der Waals surface area contributed by atoms with Gasteiger partial charge in [-0.15, -0.1) is 0 Å². The second-order valence-corrected chi connectivity index (χ2v) is 4.93. The molecule has 4 nitrogen and oxygen atoms in total. The van der Waals surface area contributed by atoms with Gasteiger partial charge in [0.15, 0.2) is 11.7 Å². The minimum Gasteiger partial charge on any atom is -0.496 e. The Morgan fingerprint density at radius 3 is 2.90 bits per heavy atom. The molecule has 0 aliphatic carbocycles. The monoisotopic (exact) mass is 276 g/mol. The van der Waals surface area contributed by atoms with Gasteiger partial charge in [0.2, 0.25) is 0 Å². The summed E-state index contributed by atoms with van der Waals surface area (Å²) >= 11 is 0. The number of aromatic nitrogens is 1. The molecule has 1 aliphatic rings. The number of halogens is 1. The molecule has 5 heteroatoms. The summed E-state index contributed by atoms with van der Waals surface area (Å²) in [5.74, 6) is 1.88. The second-order valence-electron chi connectivity index (χ2n) is 4.93. The number of piperidine rings is 1. The van der Waals surface area contributed by atoms with Crippen molar-refractivity contribution in [1.29, 1.82) is 0 Å². The van der Waals surface area contributed by atoms with Crippen LogP contribution in [0.25, 0.3) is 11.3 Å². The smallest absolute Gasteiger partial charge is 0.198 e. The van der Waals surface area contributed by atoms with Crippen molar-refractivity contribution in [3.05, 3.63) is 36.1 Å². The third-order valence-electron chi connectivity index (χ3n) is 3.64. The first-order valence-corrected chi connectivity index (χ1v) is 6.78. The van der Waals surface area contributed by atoms with Crippen molar-refractivity contribution < 1.29 is 13.5 Å². The van der Waals surface area contributed by atoms with Crippen LogP contribution in [-0.4, -0.2) is 25.2 Å². The van der Waals surface area contributed by atoms with Gasteiger partial charge in [0.25, 0.3) is 0 Å². The van der Waals surface area contributed by atoms with Gasteiger partial charge in [-0.2, -0.15) is 0 Å². The van der Waals surface area contributed by atoms with Crippen LogP contribution in [0, 0.1) is 5.82 Å². The summed E-state index contributed by atoms with van der Waals surface area (Å²) in [5, 5.41) is 3.31. The Bertz CT molecular complexity index is 591. The molecule has 0 bridgehead atoms. The summed E-state index contributed by atoms with van der Waals surface area (Å²) in [7, 11) is 1.56. The van der Waals surface area contributed by atoms with E-state index in [4.69, 9.17) is 9.15 Å². The first-order chi connectivity index (χ1) is 9.78. The summed E-state index contributed by atoms with van der Waals surface area (Å²) in [6, 6.07) is 4.37. The molecule has 1 aromatic heterocycles. The topological polar surface area (TPSA) is 47.3 Å². The van der Waals surface area contributed by atoms with Crippen LogP contribution in [0.5, 0.6) is 5.75 Å². The van der Waals surface area contributed by atoms with Crippen molar-refractivity contribution in [2.75, 3.05) is 20.2 Å².